The predicted octanol–water partition coefficient (Wildman–Crippen LogP) is 2.90. The summed E-state index contributed by atoms with van der Waals surface area (Å²) in [7, 11) is 0. The summed E-state index contributed by atoms with van der Waals surface area (Å²) in [5.74, 6) is 0.202. The monoisotopic (exact) mass is 243 g/mol. The van der Waals surface area contributed by atoms with Crippen LogP contribution in [0.4, 0.5) is 0 Å². The van der Waals surface area contributed by atoms with Crippen LogP contribution < -0.4 is 5.73 Å². The van der Waals surface area contributed by atoms with Gasteiger partial charge in [-0.25, -0.2) is 0 Å². The summed E-state index contributed by atoms with van der Waals surface area (Å²) in [6.07, 6.45) is -0.402. The first-order chi connectivity index (χ1) is 8.65. The molecule has 0 unspecified atom stereocenters. The molecule has 0 spiro atoms. The van der Waals surface area contributed by atoms with Crippen molar-refractivity contribution in [2.45, 2.75) is 25.9 Å². The third kappa shape index (κ3) is 2.40. The Morgan fingerprint density at radius 2 is 1.72 bits per heavy atom. The lowest BCUT2D eigenvalue weighted by atomic mass is 9.85. The molecular formula is C16H21NO. The smallest absolute Gasteiger partial charge is 0.0643 e. The minimum Gasteiger partial charge on any atom is -0.392 e. The molecule has 0 aromatic heterocycles. The number of rotatable bonds is 4. The van der Waals surface area contributed by atoms with E-state index in [0.29, 0.717) is 6.54 Å². The van der Waals surface area contributed by atoms with Gasteiger partial charge in [0.2, 0.25) is 0 Å². The van der Waals surface area contributed by atoms with Crippen LogP contribution in [0.1, 0.15) is 25.3 Å². The molecule has 0 saturated carbocycles. The largest absolute Gasteiger partial charge is 0.392 e. The molecule has 0 heterocycles. The van der Waals surface area contributed by atoms with Crippen LogP contribution in [0.15, 0.2) is 42.5 Å². The van der Waals surface area contributed by atoms with E-state index in [9.17, 15) is 5.11 Å². The molecule has 0 amide bonds. The molecule has 2 aromatic carbocycles. The van der Waals surface area contributed by atoms with E-state index in [4.69, 9.17) is 5.73 Å². The van der Waals surface area contributed by atoms with Crippen molar-refractivity contribution in [1.29, 1.82) is 0 Å². The van der Waals surface area contributed by atoms with Gasteiger partial charge >= 0.3 is 0 Å². The zero-order chi connectivity index (χ0) is 13.1. The van der Waals surface area contributed by atoms with Crippen LogP contribution in [0.3, 0.4) is 0 Å². The highest BCUT2D eigenvalue weighted by Crippen LogP contribution is 2.29. The first-order valence-corrected chi connectivity index (χ1v) is 6.51. The molecule has 0 bridgehead atoms. The Hall–Kier alpha value is -1.38. The molecule has 3 N–H and O–H groups in total. The number of aliphatic hydroxyl groups excluding tert-OH is 1. The van der Waals surface area contributed by atoms with Crippen LogP contribution in [0, 0.1) is 5.92 Å². The fourth-order valence-corrected chi connectivity index (χ4v) is 2.49. The van der Waals surface area contributed by atoms with Crippen molar-refractivity contribution >= 4 is 10.8 Å². The standard InChI is InChI=1S/C16H21NO/c1-11(2)16(18)15(10-17)14-9-5-7-12-6-3-4-8-13(12)14/h3-9,11,15-16,18H,10,17H2,1-2H3/t15-,16+/m0/s1. The SMILES string of the molecule is CC(C)[C@@H](O)[C@@H](CN)c1cccc2ccccc12. The average molecular weight is 243 g/mol. The van der Waals surface area contributed by atoms with Crippen molar-refractivity contribution in [1.82, 2.24) is 0 Å². The van der Waals surface area contributed by atoms with Gasteiger partial charge in [0.05, 0.1) is 6.10 Å². The second-order valence-corrected chi connectivity index (χ2v) is 5.15. The molecule has 0 fully saturated rings. The summed E-state index contributed by atoms with van der Waals surface area (Å²) in [5, 5.41) is 12.7. The summed E-state index contributed by atoms with van der Waals surface area (Å²) in [6.45, 7) is 4.52. The molecule has 2 heteroatoms. The molecule has 18 heavy (non-hydrogen) atoms. The van der Waals surface area contributed by atoms with E-state index >= 15 is 0 Å². The summed E-state index contributed by atoms with van der Waals surface area (Å²) in [5.41, 5.74) is 7.02. The first kappa shape index (κ1) is 13.1. The molecule has 2 rings (SSSR count). The maximum absolute atomic E-state index is 10.3. The molecule has 2 nitrogen and oxygen atoms in total. The van der Waals surface area contributed by atoms with Crippen LogP contribution >= 0.6 is 0 Å². The maximum atomic E-state index is 10.3. The Morgan fingerprint density at radius 1 is 1.06 bits per heavy atom. The van der Waals surface area contributed by atoms with Crippen LogP contribution in [0.2, 0.25) is 0 Å². The Bertz CT molecular complexity index is 516. The van der Waals surface area contributed by atoms with Crippen molar-refractivity contribution in [3.63, 3.8) is 0 Å². The summed E-state index contributed by atoms with van der Waals surface area (Å²) < 4.78 is 0. The number of hydrogen-bond donors (Lipinski definition) is 2. The van der Waals surface area contributed by atoms with Crippen LogP contribution in [0.25, 0.3) is 10.8 Å². The van der Waals surface area contributed by atoms with Gasteiger partial charge in [-0.05, 0) is 22.3 Å². The average Bonchev–Trinajstić information content (AvgIpc) is 2.39. The highest BCUT2D eigenvalue weighted by molar-refractivity contribution is 5.86. The molecule has 0 aliphatic heterocycles. The van der Waals surface area contributed by atoms with Crippen molar-refractivity contribution in [2.75, 3.05) is 6.54 Å². The highest BCUT2D eigenvalue weighted by atomic mass is 16.3. The number of fused-ring (bicyclic) bond motifs is 1. The normalized spacial score (nSPS) is 14.9. The van der Waals surface area contributed by atoms with Gasteiger partial charge in [0.1, 0.15) is 0 Å². The topological polar surface area (TPSA) is 46.2 Å². The van der Waals surface area contributed by atoms with E-state index in [2.05, 4.69) is 24.3 Å². The Kier molecular flexibility index (Phi) is 4.00. The quantitative estimate of drug-likeness (QED) is 0.867. The van der Waals surface area contributed by atoms with Gasteiger partial charge in [0.15, 0.2) is 0 Å². The molecule has 2 aromatic rings. The minimum atomic E-state index is -0.402. The summed E-state index contributed by atoms with van der Waals surface area (Å²) >= 11 is 0. The number of hydrogen-bond acceptors (Lipinski definition) is 2. The van der Waals surface area contributed by atoms with Crippen LogP contribution in [0.5, 0.6) is 0 Å². The molecule has 0 saturated heterocycles. The van der Waals surface area contributed by atoms with Gasteiger partial charge in [-0.3, -0.25) is 0 Å². The molecule has 0 aliphatic rings. The van der Waals surface area contributed by atoms with Gasteiger partial charge in [-0.1, -0.05) is 56.3 Å². The third-order valence-electron chi connectivity index (χ3n) is 3.57. The lowest BCUT2D eigenvalue weighted by molar-refractivity contribution is 0.0990. The fourth-order valence-electron chi connectivity index (χ4n) is 2.49. The molecule has 2 atom stereocenters. The van der Waals surface area contributed by atoms with Crippen LogP contribution in [-0.2, 0) is 0 Å². The number of nitrogens with two attached hydrogens (primary N) is 1. The van der Waals surface area contributed by atoms with E-state index < -0.39 is 6.10 Å². The van der Waals surface area contributed by atoms with Crippen molar-refractivity contribution in [3.8, 4) is 0 Å². The van der Waals surface area contributed by atoms with Gasteiger partial charge in [0, 0.05) is 12.5 Å². The van der Waals surface area contributed by atoms with Crippen molar-refractivity contribution < 1.29 is 5.11 Å². The molecule has 0 radical (unpaired) electrons. The zero-order valence-corrected chi connectivity index (χ0v) is 11.0. The fraction of sp³-hybridized carbons (Fsp3) is 0.375. The third-order valence-corrected chi connectivity index (χ3v) is 3.57. The Balaban J connectivity index is 2.51. The summed E-state index contributed by atoms with van der Waals surface area (Å²) in [4.78, 5) is 0. The molecular weight excluding hydrogens is 222 g/mol. The Morgan fingerprint density at radius 3 is 2.39 bits per heavy atom. The van der Waals surface area contributed by atoms with Gasteiger partial charge in [-0.15, -0.1) is 0 Å². The predicted molar refractivity (Wildman–Crippen MR) is 76.6 cm³/mol. The van der Waals surface area contributed by atoms with E-state index in [1.807, 2.05) is 32.0 Å². The highest BCUT2D eigenvalue weighted by Gasteiger charge is 2.23. The summed E-state index contributed by atoms with van der Waals surface area (Å²) in [6, 6.07) is 14.4. The van der Waals surface area contributed by atoms with Crippen molar-refractivity contribution in [2.24, 2.45) is 11.7 Å². The van der Waals surface area contributed by atoms with E-state index in [1.165, 1.54) is 10.8 Å². The number of aliphatic hydroxyl groups is 1. The van der Waals surface area contributed by atoms with Crippen molar-refractivity contribution in [3.05, 3.63) is 48.0 Å². The first-order valence-electron chi connectivity index (χ1n) is 6.51. The van der Waals surface area contributed by atoms with E-state index in [1.54, 1.807) is 0 Å². The van der Waals surface area contributed by atoms with Gasteiger partial charge in [0.25, 0.3) is 0 Å². The van der Waals surface area contributed by atoms with Gasteiger partial charge < -0.3 is 10.8 Å². The lowest BCUT2D eigenvalue weighted by Gasteiger charge is -2.26. The Labute approximate surface area is 108 Å². The second-order valence-electron chi connectivity index (χ2n) is 5.15. The van der Waals surface area contributed by atoms with E-state index in [-0.39, 0.29) is 11.8 Å². The maximum Gasteiger partial charge on any atom is 0.0643 e. The van der Waals surface area contributed by atoms with Gasteiger partial charge in [-0.2, -0.15) is 0 Å². The zero-order valence-electron chi connectivity index (χ0n) is 11.0. The van der Waals surface area contributed by atoms with Crippen LogP contribution in [-0.4, -0.2) is 17.8 Å². The lowest BCUT2D eigenvalue weighted by Crippen LogP contribution is -2.30. The van der Waals surface area contributed by atoms with E-state index in [0.717, 1.165) is 5.56 Å². The molecule has 0 aliphatic carbocycles. The minimum absolute atomic E-state index is 0.00361. The number of benzene rings is 2. The molecule has 96 valence electrons. The second kappa shape index (κ2) is 5.51.